The number of carboxylic acids is 1. The molecule has 0 aromatic heterocycles. The van der Waals surface area contributed by atoms with Crippen LogP contribution in [0.1, 0.15) is 18.0 Å². The Labute approximate surface area is 109 Å². The third kappa shape index (κ3) is 5.20. The number of nitrogens with one attached hydrogen (secondary N) is 1. The molecule has 0 bridgehead atoms. The summed E-state index contributed by atoms with van der Waals surface area (Å²) < 4.78 is 17.8. The van der Waals surface area contributed by atoms with Gasteiger partial charge in [0.1, 0.15) is 12.4 Å². The summed E-state index contributed by atoms with van der Waals surface area (Å²) in [6.07, 6.45) is 0.232. The molecule has 0 spiro atoms. The summed E-state index contributed by atoms with van der Waals surface area (Å²) in [5.41, 5.74) is 0.359. The molecule has 0 saturated heterocycles. The first-order valence-corrected chi connectivity index (χ1v) is 5.54. The van der Waals surface area contributed by atoms with E-state index in [-0.39, 0.29) is 13.0 Å². The zero-order valence-corrected chi connectivity index (χ0v) is 10.1. The van der Waals surface area contributed by atoms with Crippen LogP contribution in [0.15, 0.2) is 36.9 Å². The Hall–Kier alpha value is -2.37. The van der Waals surface area contributed by atoms with Gasteiger partial charge in [-0.05, 0) is 17.7 Å². The Kier molecular flexibility index (Phi) is 5.53. The van der Waals surface area contributed by atoms with Gasteiger partial charge in [0.2, 0.25) is 0 Å². The van der Waals surface area contributed by atoms with Gasteiger partial charge < -0.3 is 15.2 Å². The van der Waals surface area contributed by atoms with E-state index in [4.69, 9.17) is 9.84 Å². The Balaban J connectivity index is 2.79. The van der Waals surface area contributed by atoms with E-state index in [1.807, 2.05) is 0 Å². The molecule has 0 aliphatic rings. The van der Waals surface area contributed by atoms with Crippen molar-refractivity contribution in [1.82, 2.24) is 5.32 Å². The standard InChI is InChI=1S/C13H14FNO4/c1-2-6-19-13(18)15-11(8-12(16)17)9-4-3-5-10(14)7-9/h2-5,7,11H,1,6,8H2,(H,15,18)(H,16,17)/t11-/m0/s1. The number of amides is 1. The van der Waals surface area contributed by atoms with Gasteiger partial charge >= 0.3 is 12.1 Å². The number of rotatable bonds is 6. The highest BCUT2D eigenvalue weighted by Crippen LogP contribution is 2.18. The van der Waals surface area contributed by atoms with Gasteiger partial charge in [-0.1, -0.05) is 24.8 Å². The Bertz CT molecular complexity index is 475. The number of carboxylic acid groups (broad SMARTS) is 1. The van der Waals surface area contributed by atoms with Crippen LogP contribution >= 0.6 is 0 Å². The Morgan fingerprint density at radius 2 is 2.26 bits per heavy atom. The molecule has 1 rings (SSSR count). The van der Waals surface area contributed by atoms with Crippen LogP contribution in [0.5, 0.6) is 0 Å². The first-order valence-electron chi connectivity index (χ1n) is 5.54. The third-order valence-electron chi connectivity index (χ3n) is 2.25. The van der Waals surface area contributed by atoms with E-state index in [0.29, 0.717) is 5.56 Å². The fourth-order valence-corrected chi connectivity index (χ4v) is 1.47. The zero-order valence-electron chi connectivity index (χ0n) is 10.1. The maximum Gasteiger partial charge on any atom is 0.407 e. The summed E-state index contributed by atoms with van der Waals surface area (Å²) in [6.45, 7) is 3.39. The van der Waals surface area contributed by atoms with Crippen molar-refractivity contribution in [3.63, 3.8) is 0 Å². The van der Waals surface area contributed by atoms with E-state index >= 15 is 0 Å². The molecular weight excluding hydrogens is 253 g/mol. The Morgan fingerprint density at radius 1 is 1.53 bits per heavy atom. The lowest BCUT2D eigenvalue weighted by Crippen LogP contribution is -2.30. The van der Waals surface area contributed by atoms with E-state index in [9.17, 15) is 14.0 Å². The number of hydrogen-bond acceptors (Lipinski definition) is 3. The molecule has 19 heavy (non-hydrogen) atoms. The molecule has 0 aliphatic carbocycles. The highest BCUT2D eigenvalue weighted by Gasteiger charge is 2.19. The highest BCUT2D eigenvalue weighted by atomic mass is 19.1. The van der Waals surface area contributed by atoms with E-state index in [0.717, 1.165) is 0 Å². The number of benzene rings is 1. The lowest BCUT2D eigenvalue weighted by molar-refractivity contribution is -0.137. The van der Waals surface area contributed by atoms with Gasteiger partial charge in [-0.15, -0.1) is 0 Å². The van der Waals surface area contributed by atoms with Crippen LogP contribution in [0, 0.1) is 5.82 Å². The SMILES string of the molecule is C=CCOC(=O)N[C@@H](CC(=O)O)c1cccc(F)c1. The van der Waals surface area contributed by atoms with Crippen LogP contribution < -0.4 is 5.32 Å². The number of ether oxygens (including phenoxy) is 1. The number of hydrogen-bond donors (Lipinski definition) is 2. The van der Waals surface area contributed by atoms with Crippen molar-refractivity contribution >= 4 is 12.1 Å². The van der Waals surface area contributed by atoms with E-state index in [2.05, 4.69) is 11.9 Å². The lowest BCUT2D eigenvalue weighted by Gasteiger charge is -2.17. The molecule has 0 aliphatic heterocycles. The van der Waals surface area contributed by atoms with Crippen LogP contribution in [0.2, 0.25) is 0 Å². The largest absolute Gasteiger partial charge is 0.481 e. The Morgan fingerprint density at radius 3 is 2.84 bits per heavy atom. The fourth-order valence-electron chi connectivity index (χ4n) is 1.47. The summed E-state index contributed by atoms with van der Waals surface area (Å²) in [4.78, 5) is 22.1. The highest BCUT2D eigenvalue weighted by molar-refractivity contribution is 5.72. The number of carbonyl (C=O) groups excluding carboxylic acids is 1. The molecule has 0 unspecified atom stereocenters. The third-order valence-corrected chi connectivity index (χ3v) is 2.25. The number of carbonyl (C=O) groups is 2. The van der Waals surface area contributed by atoms with Crippen LogP contribution in [-0.4, -0.2) is 23.8 Å². The number of alkyl carbamates (subject to hydrolysis) is 1. The second-order valence-corrected chi connectivity index (χ2v) is 3.74. The molecule has 0 fully saturated rings. The maximum atomic E-state index is 13.1. The second-order valence-electron chi connectivity index (χ2n) is 3.74. The van der Waals surface area contributed by atoms with Gasteiger partial charge in [0.15, 0.2) is 0 Å². The molecule has 6 heteroatoms. The van der Waals surface area contributed by atoms with Crippen molar-refractivity contribution in [1.29, 1.82) is 0 Å². The summed E-state index contributed by atoms with van der Waals surface area (Å²) in [6, 6.07) is 4.52. The van der Waals surface area contributed by atoms with Gasteiger partial charge in [0, 0.05) is 0 Å². The average molecular weight is 267 g/mol. The first-order chi connectivity index (χ1) is 9.02. The molecule has 0 saturated carbocycles. The average Bonchev–Trinajstić information content (AvgIpc) is 2.35. The van der Waals surface area contributed by atoms with Crippen molar-refractivity contribution in [2.45, 2.75) is 12.5 Å². The van der Waals surface area contributed by atoms with Crippen LogP contribution in [0.25, 0.3) is 0 Å². The topological polar surface area (TPSA) is 75.6 Å². The molecule has 1 atom stereocenters. The molecule has 1 aromatic rings. The molecular formula is C13H14FNO4. The molecule has 5 nitrogen and oxygen atoms in total. The van der Waals surface area contributed by atoms with Crippen LogP contribution in [0.4, 0.5) is 9.18 Å². The fraction of sp³-hybridized carbons (Fsp3) is 0.231. The van der Waals surface area contributed by atoms with E-state index in [1.165, 1.54) is 30.3 Å². The van der Waals surface area contributed by atoms with E-state index in [1.54, 1.807) is 0 Å². The molecule has 2 N–H and O–H groups in total. The van der Waals surface area contributed by atoms with Crippen molar-refractivity contribution in [2.24, 2.45) is 0 Å². The van der Waals surface area contributed by atoms with Gasteiger partial charge in [-0.2, -0.15) is 0 Å². The predicted octanol–water partition coefficient (Wildman–Crippen LogP) is 2.25. The lowest BCUT2D eigenvalue weighted by atomic mass is 10.0. The molecule has 1 amide bonds. The van der Waals surface area contributed by atoms with Crippen molar-refractivity contribution in [2.75, 3.05) is 6.61 Å². The van der Waals surface area contributed by atoms with Gasteiger partial charge in [-0.3, -0.25) is 4.79 Å². The summed E-state index contributed by atoms with van der Waals surface area (Å²) >= 11 is 0. The minimum absolute atomic E-state index is 0.00871. The van der Waals surface area contributed by atoms with Gasteiger partial charge in [-0.25, -0.2) is 9.18 Å². The zero-order chi connectivity index (χ0) is 14.3. The smallest absolute Gasteiger partial charge is 0.407 e. The van der Waals surface area contributed by atoms with E-state index < -0.39 is 23.9 Å². The summed E-state index contributed by atoms with van der Waals surface area (Å²) in [5.74, 6) is -1.62. The van der Waals surface area contributed by atoms with Crippen LogP contribution in [0.3, 0.4) is 0 Å². The minimum Gasteiger partial charge on any atom is -0.481 e. The van der Waals surface area contributed by atoms with Crippen molar-refractivity contribution < 1.29 is 23.8 Å². The van der Waals surface area contributed by atoms with Crippen molar-refractivity contribution in [3.8, 4) is 0 Å². The quantitative estimate of drug-likeness (QED) is 0.775. The molecule has 1 aromatic carbocycles. The molecule has 0 heterocycles. The van der Waals surface area contributed by atoms with Gasteiger partial charge in [0.25, 0.3) is 0 Å². The second kappa shape index (κ2) is 7.15. The summed E-state index contributed by atoms with van der Waals surface area (Å²) in [5, 5.41) is 11.2. The normalized spacial score (nSPS) is 11.4. The first kappa shape index (κ1) is 14.7. The molecule has 102 valence electrons. The van der Waals surface area contributed by atoms with Crippen LogP contribution in [-0.2, 0) is 9.53 Å². The summed E-state index contributed by atoms with van der Waals surface area (Å²) in [7, 11) is 0. The predicted molar refractivity (Wildman–Crippen MR) is 66.1 cm³/mol. The monoisotopic (exact) mass is 267 g/mol. The minimum atomic E-state index is -1.11. The van der Waals surface area contributed by atoms with Gasteiger partial charge in [0.05, 0.1) is 12.5 Å². The maximum absolute atomic E-state index is 13.1. The molecule has 0 radical (unpaired) electrons. The number of aliphatic carboxylic acids is 1. The van der Waals surface area contributed by atoms with Crippen molar-refractivity contribution in [3.05, 3.63) is 48.3 Å². The number of halogens is 1.